The van der Waals surface area contributed by atoms with Crippen LogP contribution in [0, 0.1) is 19.7 Å². The first-order valence-electron chi connectivity index (χ1n) is 11.2. The Bertz CT molecular complexity index is 1340. The van der Waals surface area contributed by atoms with Gasteiger partial charge in [0.1, 0.15) is 23.4 Å². The third-order valence-corrected chi connectivity index (χ3v) is 6.97. The third kappa shape index (κ3) is 5.00. The first-order chi connectivity index (χ1) is 17.0. The van der Waals surface area contributed by atoms with Crippen LogP contribution in [0.1, 0.15) is 28.6 Å². The van der Waals surface area contributed by atoms with Crippen molar-refractivity contribution in [1.82, 2.24) is 14.9 Å². The average molecular weight is 490 g/mol. The highest BCUT2D eigenvalue weighted by atomic mass is 32.2. The van der Waals surface area contributed by atoms with Gasteiger partial charge in [-0.2, -0.15) is 0 Å². The Morgan fingerprint density at radius 2 is 1.86 bits per heavy atom. The summed E-state index contributed by atoms with van der Waals surface area (Å²) in [6, 6.07) is 21.1. The predicted octanol–water partition coefficient (Wildman–Crippen LogP) is 5.01. The molecule has 0 bridgehead atoms. The second-order valence-corrected chi connectivity index (χ2v) is 9.45. The van der Waals surface area contributed by atoms with E-state index in [4.69, 9.17) is 4.74 Å². The molecule has 2 atom stereocenters. The molecule has 0 spiro atoms. The quantitative estimate of drug-likeness (QED) is 0.396. The van der Waals surface area contributed by atoms with Gasteiger partial charge in [-0.1, -0.05) is 54.2 Å². The van der Waals surface area contributed by atoms with Crippen molar-refractivity contribution in [3.63, 3.8) is 0 Å². The number of nitrogens with one attached hydrogen (secondary N) is 2. The van der Waals surface area contributed by atoms with E-state index in [1.54, 1.807) is 16.8 Å². The first kappa shape index (κ1) is 22.9. The molecule has 0 saturated carbocycles. The van der Waals surface area contributed by atoms with Crippen LogP contribution in [-0.4, -0.2) is 26.0 Å². The summed E-state index contributed by atoms with van der Waals surface area (Å²) in [4.78, 5) is 13.5. The van der Waals surface area contributed by atoms with Gasteiger partial charge in [0, 0.05) is 5.69 Å². The second-order valence-electron chi connectivity index (χ2n) is 8.34. The van der Waals surface area contributed by atoms with Crippen LogP contribution in [-0.2, 0) is 11.4 Å². The Hall–Kier alpha value is -3.85. The Morgan fingerprint density at radius 3 is 2.63 bits per heavy atom. The Kier molecular flexibility index (Phi) is 6.41. The monoisotopic (exact) mass is 489 g/mol. The molecule has 5 rings (SSSR count). The van der Waals surface area contributed by atoms with Crippen molar-refractivity contribution >= 4 is 23.4 Å². The van der Waals surface area contributed by atoms with E-state index in [9.17, 15) is 9.18 Å². The molecule has 1 amide bonds. The maximum Gasteiger partial charge on any atom is 0.240 e. The second kappa shape index (κ2) is 9.79. The summed E-state index contributed by atoms with van der Waals surface area (Å²) in [5.74, 6) is 0.767. The van der Waals surface area contributed by atoms with Crippen LogP contribution in [0.2, 0.25) is 0 Å². The Morgan fingerprint density at radius 1 is 1.09 bits per heavy atom. The molecule has 3 aromatic carbocycles. The van der Waals surface area contributed by atoms with Crippen LogP contribution in [0.4, 0.5) is 10.1 Å². The van der Waals surface area contributed by atoms with Gasteiger partial charge in [-0.15, -0.1) is 10.2 Å². The van der Waals surface area contributed by atoms with Gasteiger partial charge in [-0.25, -0.2) is 9.07 Å². The van der Waals surface area contributed by atoms with Gasteiger partial charge in [-0.3, -0.25) is 4.79 Å². The van der Waals surface area contributed by atoms with Crippen LogP contribution in [0.5, 0.6) is 5.75 Å². The minimum Gasteiger partial charge on any atom is -0.486 e. The lowest BCUT2D eigenvalue weighted by Crippen LogP contribution is -2.41. The van der Waals surface area contributed by atoms with Gasteiger partial charge in [-0.05, 0) is 60.9 Å². The summed E-state index contributed by atoms with van der Waals surface area (Å²) >= 11 is 1.31. The molecular formula is C26H24FN5O2S. The molecule has 1 aromatic heterocycles. The Balaban J connectivity index is 1.43. The van der Waals surface area contributed by atoms with Gasteiger partial charge >= 0.3 is 0 Å². The normalized spacial score (nSPS) is 16.8. The van der Waals surface area contributed by atoms with Crippen molar-refractivity contribution in [2.24, 2.45) is 0 Å². The number of para-hydroxylation sites is 1. The molecule has 0 saturated heterocycles. The molecule has 0 fully saturated rings. The predicted molar refractivity (Wildman–Crippen MR) is 133 cm³/mol. The van der Waals surface area contributed by atoms with Crippen LogP contribution < -0.4 is 15.5 Å². The van der Waals surface area contributed by atoms with E-state index >= 15 is 0 Å². The number of fused-ring (bicyclic) bond motifs is 1. The fourth-order valence-corrected chi connectivity index (χ4v) is 4.95. The minimum atomic E-state index is -0.569. The number of nitrogens with zero attached hydrogens (tertiary/aromatic N) is 3. The van der Waals surface area contributed by atoms with E-state index in [2.05, 4.69) is 20.9 Å². The standard InChI is InChI=1S/C26H24FN5O2S/c1-16-8-9-17(2)21(14-16)28-25(33)24-23(18-10-12-19(27)13-11-18)31-32-22(29-30-26(32)35-24)15-34-20-6-4-3-5-7-20/h3-14,23-24,31H,15H2,1-2H3,(H,28,33)/t23-,24+/m1/s1. The molecule has 0 aliphatic carbocycles. The Labute approximate surface area is 206 Å². The van der Waals surface area contributed by atoms with Gasteiger partial charge in [0.2, 0.25) is 11.1 Å². The average Bonchev–Trinajstić information content (AvgIpc) is 3.27. The summed E-state index contributed by atoms with van der Waals surface area (Å²) in [6.45, 7) is 4.13. The number of carbonyl (C=O) groups excluding carboxylic acids is 1. The highest BCUT2D eigenvalue weighted by molar-refractivity contribution is 8.00. The van der Waals surface area contributed by atoms with Crippen LogP contribution in [0.15, 0.2) is 78.0 Å². The largest absolute Gasteiger partial charge is 0.486 e. The number of anilines is 1. The number of rotatable bonds is 6. The van der Waals surface area contributed by atoms with E-state index in [1.807, 2.05) is 62.4 Å². The van der Waals surface area contributed by atoms with Crippen molar-refractivity contribution in [3.8, 4) is 5.75 Å². The van der Waals surface area contributed by atoms with Crippen molar-refractivity contribution in [1.29, 1.82) is 0 Å². The lowest BCUT2D eigenvalue weighted by atomic mass is 10.0. The molecule has 2 N–H and O–H groups in total. The maximum absolute atomic E-state index is 13.6. The van der Waals surface area contributed by atoms with E-state index in [1.165, 1.54) is 23.9 Å². The maximum atomic E-state index is 13.6. The number of aryl methyl sites for hydroxylation is 2. The lowest BCUT2D eigenvalue weighted by molar-refractivity contribution is -0.116. The number of benzene rings is 3. The molecule has 178 valence electrons. The van der Waals surface area contributed by atoms with Crippen molar-refractivity contribution < 1.29 is 13.9 Å². The van der Waals surface area contributed by atoms with Crippen LogP contribution in [0.25, 0.3) is 0 Å². The molecular weight excluding hydrogens is 465 g/mol. The topological polar surface area (TPSA) is 81.1 Å². The summed E-state index contributed by atoms with van der Waals surface area (Å²) in [5.41, 5.74) is 6.93. The zero-order valence-corrected chi connectivity index (χ0v) is 20.1. The number of hydrogen-bond acceptors (Lipinski definition) is 6. The van der Waals surface area contributed by atoms with Gasteiger partial charge in [0.15, 0.2) is 5.82 Å². The highest BCUT2D eigenvalue weighted by Gasteiger charge is 2.38. The van der Waals surface area contributed by atoms with Gasteiger partial charge in [0.05, 0.1) is 6.04 Å². The highest BCUT2D eigenvalue weighted by Crippen LogP contribution is 2.38. The molecule has 35 heavy (non-hydrogen) atoms. The summed E-state index contributed by atoms with van der Waals surface area (Å²) in [6.07, 6.45) is 0. The van der Waals surface area contributed by atoms with E-state index in [-0.39, 0.29) is 18.3 Å². The first-order valence-corrected chi connectivity index (χ1v) is 12.0. The zero-order valence-electron chi connectivity index (χ0n) is 19.2. The fraction of sp³-hybridized carbons (Fsp3) is 0.192. The summed E-state index contributed by atoms with van der Waals surface area (Å²) in [5, 5.41) is 11.6. The number of amides is 1. The molecule has 1 aliphatic rings. The van der Waals surface area contributed by atoms with Gasteiger partial charge < -0.3 is 15.5 Å². The van der Waals surface area contributed by atoms with E-state index in [0.717, 1.165) is 22.4 Å². The molecule has 9 heteroatoms. The number of halogens is 1. The van der Waals surface area contributed by atoms with Crippen LogP contribution >= 0.6 is 11.8 Å². The number of carbonyl (C=O) groups is 1. The van der Waals surface area contributed by atoms with E-state index in [0.29, 0.717) is 16.7 Å². The third-order valence-electron chi connectivity index (χ3n) is 5.75. The molecule has 2 heterocycles. The molecule has 0 radical (unpaired) electrons. The molecule has 7 nitrogen and oxygen atoms in total. The fourth-order valence-electron chi connectivity index (χ4n) is 3.85. The number of thioether (sulfide) groups is 1. The molecule has 0 unspecified atom stereocenters. The SMILES string of the molecule is Cc1ccc(C)c(NC(=O)[C@H]2Sc3nnc(COc4ccccc4)n3N[C@@H]2c2ccc(F)cc2)c1. The number of hydrogen-bond donors (Lipinski definition) is 2. The lowest BCUT2D eigenvalue weighted by Gasteiger charge is -2.33. The zero-order chi connectivity index (χ0) is 24.4. The molecule has 1 aliphatic heterocycles. The van der Waals surface area contributed by atoms with Crippen molar-refractivity contribution in [3.05, 3.63) is 101 Å². The van der Waals surface area contributed by atoms with Gasteiger partial charge in [0.25, 0.3) is 0 Å². The summed E-state index contributed by atoms with van der Waals surface area (Å²) < 4.78 is 21.2. The van der Waals surface area contributed by atoms with E-state index < -0.39 is 11.3 Å². The number of aromatic nitrogens is 3. The number of ether oxygens (including phenoxy) is 1. The minimum absolute atomic E-state index is 0.179. The summed E-state index contributed by atoms with van der Waals surface area (Å²) in [7, 11) is 0. The molecule has 4 aromatic rings. The van der Waals surface area contributed by atoms with Crippen LogP contribution in [0.3, 0.4) is 0 Å². The smallest absolute Gasteiger partial charge is 0.240 e. The van der Waals surface area contributed by atoms with Crippen molar-refractivity contribution in [2.75, 3.05) is 10.7 Å². The van der Waals surface area contributed by atoms with Crippen molar-refractivity contribution in [2.45, 2.75) is 36.9 Å².